The first kappa shape index (κ1) is 25.0. The summed E-state index contributed by atoms with van der Waals surface area (Å²) in [5.41, 5.74) is -0.739. The molecule has 0 spiro atoms. The summed E-state index contributed by atoms with van der Waals surface area (Å²) >= 11 is 0. The highest BCUT2D eigenvalue weighted by Gasteiger charge is 2.72. The van der Waals surface area contributed by atoms with Gasteiger partial charge in [-0.05, 0) is 103 Å². The summed E-state index contributed by atoms with van der Waals surface area (Å²) in [6.07, 6.45) is 9.99. The molecule has 0 aliphatic heterocycles. The lowest BCUT2D eigenvalue weighted by Crippen LogP contribution is -2.66. The van der Waals surface area contributed by atoms with E-state index in [1.54, 1.807) is 0 Å². The van der Waals surface area contributed by atoms with Crippen LogP contribution in [-0.2, 0) is 9.59 Å². The Morgan fingerprint density at radius 3 is 2.26 bits per heavy atom. The van der Waals surface area contributed by atoms with Crippen LogP contribution in [0.1, 0.15) is 99.8 Å². The van der Waals surface area contributed by atoms with E-state index >= 15 is 0 Å². The van der Waals surface area contributed by atoms with Crippen LogP contribution in [0.2, 0.25) is 0 Å². The van der Waals surface area contributed by atoms with Gasteiger partial charge >= 0.3 is 5.97 Å². The summed E-state index contributed by atoms with van der Waals surface area (Å²) in [5, 5.41) is 20.4. The zero-order valence-corrected chi connectivity index (χ0v) is 22.9. The van der Waals surface area contributed by atoms with Crippen molar-refractivity contribution in [2.45, 2.75) is 99.8 Å². The monoisotopic (exact) mass is 479 g/mol. The highest BCUT2D eigenvalue weighted by Crippen LogP contribution is 2.77. The zero-order chi connectivity index (χ0) is 25.8. The zero-order valence-electron chi connectivity index (χ0n) is 22.9. The number of carbonyl (C=O) groups excluding carboxylic acids is 1. The normalized spacial score (nSPS) is 50.3. The topological polar surface area (TPSA) is 78.2 Å². The molecule has 4 saturated carbocycles. The Labute approximate surface area is 211 Å². The van der Waals surface area contributed by atoms with Gasteiger partial charge in [-0.15, -0.1) is 0 Å². The van der Waals surface area contributed by atoms with Crippen molar-refractivity contribution in [2.75, 3.05) is 0 Å². The van der Waals surface area contributed by atoms with Crippen LogP contribution in [0.3, 0.4) is 0 Å². The van der Waals surface area contributed by atoms with Crippen LogP contribution in [0.4, 0.5) is 0 Å². The molecule has 0 aromatic rings. The van der Waals surface area contributed by atoms with Crippen molar-refractivity contribution in [1.29, 1.82) is 5.26 Å². The Morgan fingerprint density at radius 1 is 0.971 bits per heavy atom. The van der Waals surface area contributed by atoms with Crippen molar-refractivity contribution in [3.8, 4) is 6.07 Å². The number of carboxylic acids is 1. The van der Waals surface area contributed by atoms with E-state index in [1.165, 1.54) is 0 Å². The highest BCUT2D eigenvalue weighted by molar-refractivity contribution is 6.04. The lowest BCUT2D eigenvalue weighted by Gasteiger charge is -2.71. The van der Waals surface area contributed by atoms with E-state index in [2.05, 4.69) is 60.6 Å². The average molecular weight is 480 g/mol. The Kier molecular flexibility index (Phi) is 5.33. The van der Waals surface area contributed by atoms with Crippen molar-refractivity contribution < 1.29 is 14.7 Å². The first-order valence-corrected chi connectivity index (χ1v) is 14.1. The molecule has 3 unspecified atom stereocenters. The molecule has 0 radical (unpaired) electrons. The number of nitriles is 1. The summed E-state index contributed by atoms with van der Waals surface area (Å²) < 4.78 is 0. The van der Waals surface area contributed by atoms with Gasteiger partial charge < -0.3 is 5.11 Å². The largest absolute Gasteiger partial charge is 0.481 e. The van der Waals surface area contributed by atoms with Gasteiger partial charge in [0.15, 0.2) is 5.78 Å². The van der Waals surface area contributed by atoms with Crippen LogP contribution in [0.15, 0.2) is 11.6 Å². The molecule has 0 aromatic carbocycles. The molecule has 4 heteroatoms. The minimum atomic E-state index is -0.551. The van der Waals surface area contributed by atoms with E-state index in [9.17, 15) is 20.0 Å². The molecule has 0 saturated heterocycles. The van der Waals surface area contributed by atoms with E-state index < -0.39 is 16.8 Å². The van der Waals surface area contributed by atoms with Crippen LogP contribution in [0.25, 0.3) is 0 Å². The fraction of sp³-hybridized carbons (Fsp3) is 0.839. The SMILES string of the molecule is CC(C)[C@@H]1CC[C@]2(C(=O)O)CC[C@]3(C)C(CC[C@@H]4[C@@]5(C)C=C(C#N)C(=O)C(C)(C)C5CC[C@]43C)C12. The molecule has 0 bridgehead atoms. The van der Waals surface area contributed by atoms with Gasteiger partial charge in [0, 0.05) is 5.41 Å². The van der Waals surface area contributed by atoms with E-state index in [-0.39, 0.29) is 33.9 Å². The summed E-state index contributed by atoms with van der Waals surface area (Å²) in [6, 6.07) is 2.25. The van der Waals surface area contributed by atoms with E-state index in [1.807, 2.05) is 0 Å². The lowest BCUT2D eigenvalue weighted by molar-refractivity contribution is -0.223. The fourth-order valence-corrected chi connectivity index (χ4v) is 11.4. The molecule has 5 rings (SSSR count). The quantitative estimate of drug-likeness (QED) is 0.460. The first-order chi connectivity index (χ1) is 16.2. The molecule has 5 aliphatic carbocycles. The van der Waals surface area contributed by atoms with Crippen LogP contribution in [-0.4, -0.2) is 16.9 Å². The summed E-state index contributed by atoms with van der Waals surface area (Å²) in [5.74, 6) is 1.80. The average Bonchev–Trinajstić information content (AvgIpc) is 3.18. The van der Waals surface area contributed by atoms with E-state index in [4.69, 9.17) is 0 Å². The third kappa shape index (κ3) is 2.85. The third-order valence-electron chi connectivity index (χ3n) is 13.2. The number of rotatable bonds is 2. The van der Waals surface area contributed by atoms with Crippen molar-refractivity contribution in [1.82, 2.24) is 0 Å². The standard InChI is InChI=1S/C31H45NO3/c1-18(2)20-10-13-31(26(34)35)15-14-29(6)21(24(20)31)8-9-23-28(5)16-19(17-32)25(33)27(3,4)22(28)11-12-30(23,29)7/h16,18,20-24H,8-15H2,1-7H3,(H,34,35)/t20-,21?,22?,23+,24?,28-,29+,30+,31-/m0/s1. The fourth-order valence-electron chi connectivity index (χ4n) is 11.4. The first-order valence-electron chi connectivity index (χ1n) is 14.1. The number of carboxylic acid groups (broad SMARTS) is 1. The molecular weight excluding hydrogens is 434 g/mol. The molecule has 0 aromatic heterocycles. The molecule has 4 nitrogen and oxygen atoms in total. The molecule has 0 heterocycles. The molecular formula is C31H45NO3. The summed E-state index contributed by atoms with van der Waals surface area (Å²) in [6.45, 7) is 16.1. The van der Waals surface area contributed by atoms with Gasteiger partial charge in [-0.3, -0.25) is 9.59 Å². The van der Waals surface area contributed by atoms with E-state index in [0.29, 0.717) is 29.2 Å². The lowest BCUT2D eigenvalue weighted by atomic mass is 9.32. The van der Waals surface area contributed by atoms with Crippen molar-refractivity contribution in [3.05, 3.63) is 11.6 Å². The minimum Gasteiger partial charge on any atom is -0.481 e. The Bertz CT molecular complexity index is 1030. The number of hydrogen-bond donors (Lipinski definition) is 1. The predicted octanol–water partition coefficient (Wildman–Crippen LogP) is 7.05. The number of aliphatic carboxylic acids is 1. The maximum Gasteiger partial charge on any atom is 0.309 e. The van der Waals surface area contributed by atoms with Gasteiger partial charge in [0.2, 0.25) is 0 Å². The Balaban J connectivity index is 1.61. The molecule has 4 fully saturated rings. The predicted molar refractivity (Wildman–Crippen MR) is 136 cm³/mol. The third-order valence-corrected chi connectivity index (χ3v) is 13.2. The number of carbonyl (C=O) groups is 2. The molecule has 35 heavy (non-hydrogen) atoms. The summed E-state index contributed by atoms with van der Waals surface area (Å²) in [7, 11) is 0. The molecule has 0 amide bonds. The van der Waals surface area contributed by atoms with Crippen LogP contribution >= 0.6 is 0 Å². The van der Waals surface area contributed by atoms with Gasteiger partial charge in [0.05, 0.1) is 11.0 Å². The van der Waals surface area contributed by atoms with Crippen molar-refractivity contribution >= 4 is 11.8 Å². The Morgan fingerprint density at radius 2 is 1.66 bits per heavy atom. The maximum absolute atomic E-state index is 13.2. The molecule has 5 aliphatic rings. The van der Waals surface area contributed by atoms with Gasteiger partial charge in [-0.1, -0.05) is 54.5 Å². The second kappa shape index (κ2) is 7.45. The minimum absolute atomic E-state index is 0.0145. The number of allylic oxidation sites excluding steroid dienone is 2. The van der Waals surface area contributed by atoms with Gasteiger partial charge in [0.25, 0.3) is 0 Å². The van der Waals surface area contributed by atoms with Crippen LogP contribution < -0.4 is 0 Å². The number of nitrogens with zero attached hydrogens (tertiary/aromatic N) is 1. The molecule has 1 N–H and O–H groups in total. The van der Waals surface area contributed by atoms with Crippen LogP contribution in [0, 0.1) is 73.9 Å². The van der Waals surface area contributed by atoms with Gasteiger partial charge in [-0.2, -0.15) is 5.26 Å². The van der Waals surface area contributed by atoms with Crippen molar-refractivity contribution in [3.63, 3.8) is 0 Å². The van der Waals surface area contributed by atoms with Gasteiger partial charge in [-0.25, -0.2) is 0 Å². The van der Waals surface area contributed by atoms with Crippen molar-refractivity contribution in [2.24, 2.45) is 62.6 Å². The number of fused-ring (bicyclic) bond motifs is 7. The second-order valence-electron chi connectivity index (χ2n) is 14.7. The van der Waals surface area contributed by atoms with Crippen LogP contribution in [0.5, 0.6) is 0 Å². The Hall–Kier alpha value is -1.63. The number of hydrogen-bond acceptors (Lipinski definition) is 3. The summed E-state index contributed by atoms with van der Waals surface area (Å²) in [4.78, 5) is 26.0. The smallest absolute Gasteiger partial charge is 0.309 e. The number of Topliss-reactive ketones (excluding diaryl/α,β-unsaturated/α-hetero) is 1. The molecule has 192 valence electrons. The highest BCUT2D eigenvalue weighted by atomic mass is 16.4. The second-order valence-corrected chi connectivity index (χ2v) is 14.7. The molecule has 9 atom stereocenters. The number of ketones is 1. The van der Waals surface area contributed by atoms with Gasteiger partial charge in [0.1, 0.15) is 6.07 Å². The van der Waals surface area contributed by atoms with E-state index in [0.717, 1.165) is 51.4 Å². The maximum atomic E-state index is 13.2.